The molecule has 6 heteroatoms. The molecule has 2 fully saturated rings. The summed E-state index contributed by atoms with van der Waals surface area (Å²) in [6.07, 6.45) is 0.339. The average molecular weight is 422 g/mol. The number of likely N-dealkylation sites (tertiary alicyclic amines) is 1. The van der Waals surface area contributed by atoms with Crippen molar-refractivity contribution in [3.8, 4) is 0 Å². The molecular weight excluding hydrogens is 390 g/mol. The topological polar surface area (TPSA) is 53.1 Å². The maximum absolute atomic E-state index is 13.6. The molecule has 2 aromatic rings. The number of amides is 2. The molecule has 2 saturated heterocycles. The summed E-state index contributed by atoms with van der Waals surface area (Å²) in [5, 5.41) is 0. The predicted octanol–water partition coefficient (Wildman–Crippen LogP) is 2.01. The summed E-state index contributed by atoms with van der Waals surface area (Å²) in [4.78, 5) is 32.5. The van der Waals surface area contributed by atoms with Gasteiger partial charge in [-0.3, -0.25) is 9.59 Å². The van der Waals surface area contributed by atoms with Crippen LogP contribution in [0.25, 0.3) is 0 Å². The highest BCUT2D eigenvalue weighted by Crippen LogP contribution is 2.42. The van der Waals surface area contributed by atoms with Crippen LogP contribution in [-0.2, 0) is 20.7 Å². The van der Waals surface area contributed by atoms with Crippen molar-refractivity contribution >= 4 is 11.8 Å². The van der Waals surface area contributed by atoms with Gasteiger partial charge in [0.1, 0.15) is 0 Å². The summed E-state index contributed by atoms with van der Waals surface area (Å²) in [6.45, 7) is 3.24. The quantitative estimate of drug-likeness (QED) is 0.716. The maximum Gasteiger partial charge on any atom is 0.257 e. The SMILES string of the molecule is CN(C)CCN1C[C@@H](c2ccccc2)[C@@]2(CN(C(=O)Cc3ccccc3)CCO2)C1=O. The number of morpholine rings is 1. The molecule has 164 valence electrons. The van der Waals surface area contributed by atoms with Gasteiger partial charge in [0, 0.05) is 32.1 Å². The smallest absolute Gasteiger partial charge is 0.257 e. The van der Waals surface area contributed by atoms with Gasteiger partial charge in [-0.25, -0.2) is 0 Å². The molecule has 0 radical (unpaired) electrons. The molecule has 2 heterocycles. The van der Waals surface area contributed by atoms with Crippen LogP contribution in [0.15, 0.2) is 60.7 Å². The van der Waals surface area contributed by atoms with Crippen LogP contribution >= 0.6 is 0 Å². The first kappa shape index (κ1) is 21.5. The zero-order valence-corrected chi connectivity index (χ0v) is 18.4. The highest BCUT2D eigenvalue weighted by Gasteiger charge is 2.58. The minimum Gasteiger partial charge on any atom is -0.361 e. The van der Waals surface area contributed by atoms with Crippen molar-refractivity contribution in [3.05, 3.63) is 71.8 Å². The first-order valence-electron chi connectivity index (χ1n) is 10.9. The fourth-order valence-corrected chi connectivity index (χ4v) is 4.62. The molecule has 2 aromatic carbocycles. The molecule has 31 heavy (non-hydrogen) atoms. The second-order valence-electron chi connectivity index (χ2n) is 8.73. The van der Waals surface area contributed by atoms with E-state index in [9.17, 15) is 9.59 Å². The van der Waals surface area contributed by atoms with Crippen LogP contribution in [0.4, 0.5) is 0 Å². The Morgan fingerprint density at radius 1 is 1.10 bits per heavy atom. The van der Waals surface area contributed by atoms with Crippen LogP contribution in [0.5, 0.6) is 0 Å². The third-order valence-corrected chi connectivity index (χ3v) is 6.33. The van der Waals surface area contributed by atoms with Crippen molar-refractivity contribution in [1.29, 1.82) is 0 Å². The Labute approximate surface area is 184 Å². The van der Waals surface area contributed by atoms with Crippen LogP contribution in [-0.4, -0.2) is 85.5 Å². The Morgan fingerprint density at radius 3 is 2.45 bits per heavy atom. The molecular formula is C25H31N3O3. The number of likely N-dealkylation sites (N-methyl/N-ethyl adjacent to an activating group) is 1. The van der Waals surface area contributed by atoms with Gasteiger partial charge in [0.2, 0.25) is 5.91 Å². The minimum absolute atomic E-state index is 0.000383. The van der Waals surface area contributed by atoms with Crippen LogP contribution < -0.4 is 0 Å². The van der Waals surface area contributed by atoms with Gasteiger partial charge in [-0.1, -0.05) is 60.7 Å². The van der Waals surface area contributed by atoms with Crippen molar-refractivity contribution in [2.75, 3.05) is 53.4 Å². The van der Waals surface area contributed by atoms with Crippen molar-refractivity contribution < 1.29 is 14.3 Å². The Balaban J connectivity index is 1.59. The first-order chi connectivity index (χ1) is 15.0. The molecule has 0 unspecified atom stereocenters. The van der Waals surface area contributed by atoms with E-state index < -0.39 is 5.60 Å². The highest BCUT2D eigenvalue weighted by molar-refractivity contribution is 5.91. The second kappa shape index (κ2) is 9.20. The van der Waals surface area contributed by atoms with Gasteiger partial charge in [-0.15, -0.1) is 0 Å². The molecule has 0 bridgehead atoms. The number of carbonyl (C=O) groups is 2. The van der Waals surface area contributed by atoms with E-state index in [0.717, 1.165) is 17.7 Å². The van der Waals surface area contributed by atoms with Gasteiger partial charge in [-0.05, 0) is 25.2 Å². The number of hydrogen-bond acceptors (Lipinski definition) is 4. The summed E-state index contributed by atoms with van der Waals surface area (Å²) in [6, 6.07) is 19.8. The second-order valence-corrected chi connectivity index (χ2v) is 8.73. The summed E-state index contributed by atoms with van der Waals surface area (Å²) in [5.74, 6) is -0.0590. The lowest BCUT2D eigenvalue weighted by atomic mass is 9.83. The fraction of sp³-hybridized carbons (Fsp3) is 0.440. The first-order valence-corrected chi connectivity index (χ1v) is 10.9. The molecule has 6 nitrogen and oxygen atoms in total. The Bertz CT molecular complexity index is 903. The van der Waals surface area contributed by atoms with E-state index in [2.05, 4.69) is 17.0 Å². The molecule has 2 aliphatic rings. The van der Waals surface area contributed by atoms with Crippen molar-refractivity contribution in [1.82, 2.24) is 14.7 Å². The van der Waals surface area contributed by atoms with Gasteiger partial charge in [0.15, 0.2) is 5.60 Å². The molecule has 2 atom stereocenters. The van der Waals surface area contributed by atoms with E-state index in [1.165, 1.54) is 0 Å². The van der Waals surface area contributed by atoms with Gasteiger partial charge >= 0.3 is 0 Å². The third-order valence-electron chi connectivity index (χ3n) is 6.33. The van der Waals surface area contributed by atoms with E-state index in [1.54, 1.807) is 0 Å². The maximum atomic E-state index is 13.6. The number of ether oxygens (including phenoxy) is 1. The van der Waals surface area contributed by atoms with E-state index >= 15 is 0 Å². The van der Waals surface area contributed by atoms with Gasteiger partial charge in [0.25, 0.3) is 5.91 Å². The Hall–Kier alpha value is -2.70. The van der Waals surface area contributed by atoms with Crippen LogP contribution in [0.1, 0.15) is 17.0 Å². The summed E-state index contributed by atoms with van der Waals surface area (Å²) >= 11 is 0. The summed E-state index contributed by atoms with van der Waals surface area (Å²) in [7, 11) is 4.01. The summed E-state index contributed by atoms with van der Waals surface area (Å²) in [5.41, 5.74) is 1.05. The summed E-state index contributed by atoms with van der Waals surface area (Å²) < 4.78 is 6.27. The number of rotatable bonds is 6. The minimum atomic E-state index is -1.02. The Kier molecular flexibility index (Phi) is 6.39. The number of carbonyl (C=O) groups excluding carboxylic acids is 2. The average Bonchev–Trinajstić information content (AvgIpc) is 3.05. The third kappa shape index (κ3) is 4.50. The van der Waals surface area contributed by atoms with Crippen molar-refractivity contribution in [3.63, 3.8) is 0 Å². The molecule has 0 aliphatic carbocycles. The zero-order chi connectivity index (χ0) is 21.8. The lowest BCUT2D eigenvalue weighted by molar-refractivity contribution is -0.167. The molecule has 0 aromatic heterocycles. The molecule has 2 aliphatic heterocycles. The molecule has 0 saturated carbocycles. The number of benzene rings is 2. The standard InChI is InChI=1S/C25H31N3O3/c1-26(2)13-14-27-18-22(21-11-7-4-8-12-21)25(24(27)30)19-28(15-16-31-25)23(29)17-20-9-5-3-6-10-20/h3-12,22H,13-19H2,1-2H3/t22-,25-/m0/s1. The molecule has 4 rings (SSSR count). The normalized spacial score (nSPS) is 23.7. The molecule has 0 N–H and O–H groups in total. The number of nitrogens with zero attached hydrogens (tertiary/aromatic N) is 3. The van der Waals surface area contributed by atoms with Gasteiger partial charge in [0.05, 0.1) is 19.6 Å². The van der Waals surface area contributed by atoms with Crippen LogP contribution in [0.2, 0.25) is 0 Å². The van der Waals surface area contributed by atoms with E-state index in [0.29, 0.717) is 39.2 Å². The monoisotopic (exact) mass is 421 g/mol. The van der Waals surface area contributed by atoms with E-state index in [1.807, 2.05) is 72.4 Å². The lowest BCUT2D eigenvalue weighted by Crippen LogP contribution is -2.59. The van der Waals surface area contributed by atoms with E-state index in [-0.39, 0.29) is 17.7 Å². The highest BCUT2D eigenvalue weighted by atomic mass is 16.5. The van der Waals surface area contributed by atoms with E-state index in [4.69, 9.17) is 4.74 Å². The van der Waals surface area contributed by atoms with Gasteiger partial charge < -0.3 is 19.4 Å². The predicted molar refractivity (Wildman–Crippen MR) is 120 cm³/mol. The lowest BCUT2D eigenvalue weighted by Gasteiger charge is -2.42. The largest absolute Gasteiger partial charge is 0.361 e. The van der Waals surface area contributed by atoms with Crippen LogP contribution in [0.3, 0.4) is 0 Å². The van der Waals surface area contributed by atoms with Crippen molar-refractivity contribution in [2.45, 2.75) is 17.9 Å². The fourth-order valence-electron chi connectivity index (χ4n) is 4.62. The van der Waals surface area contributed by atoms with Crippen LogP contribution in [0, 0.1) is 0 Å². The van der Waals surface area contributed by atoms with Gasteiger partial charge in [-0.2, -0.15) is 0 Å². The molecule has 1 spiro atoms. The Morgan fingerprint density at radius 2 is 1.77 bits per heavy atom. The molecule has 2 amide bonds. The van der Waals surface area contributed by atoms with Crippen molar-refractivity contribution in [2.24, 2.45) is 0 Å². The zero-order valence-electron chi connectivity index (χ0n) is 18.4. The number of hydrogen-bond donors (Lipinski definition) is 0.